The third-order valence-corrected chi connectivity index (χ3v) is 7.65. The van der Waals surface area contributed by atoms with Gasteiger partial charge < -0.3 is 9.64 Å². The number of benzene rings is 2. The molecule has 1 heterocycles. The second-order valence-electron chi connectivity index (χ2n) is 8.42. The van der Waals surface area contributed by atoms with E-state index in [2.05, 4.69) is 13.8 Å². The molecule has 1 aliphatic rings. The van der Waals surface area contributed by atoms with Gasteiger partial charge in [0, 0.05) is 37.3 Å². The second kappa shape index (κ2) is 9.59. The molecule has 0 radical (unpaired) electrons. The van der Waals surface area contributed by atoms with E-state index in [9.17, 15) is 13.2 Å². The van der Waals surface area contributed by atoms with Crippen LogP contribution >= 0.6 is 11.6 Å². The SMILES string of the molecule is COc1ccc(C(=O)N(C)Cc2ccc(Cl)cc2)cc1S(=O)(=O)N1CC(C)CC(C)C1. The number of amides is 1. The predicted molar refractivity (Wildman–Crippen MR) is 122 cm³/mol. The van der Waals surface area contributed by atoms with E-state index in [-0.39, 0.29) is 28.4 Å². The lowest BCUT2D eigenvalue weighted by Gasteiger charge is -2.34. The van der Waals surface area contributed by atoms with Crippen LogP contribution in [-0.2, 0) is 16.6 Å². The van der Waals surface area contributed by atoms with E-state index in [1.165, 1.54) is 17.5 Å². The Kier molecular flexibility index (Phi) is 7.29. The molecule has 31 heavy (non-hydrogen) atoms. The summed E-state index contributed by atoms with van der Waals surface area (Å²) < 4.78 is 33.7. The largest absolute Gasteiger partial charge is 0.495 e. The van der Waals surface area contributed by atoms with E-state index < -0.39 is 10.0 Å². The normalized spacial score (nSPS) is 19.8. The van der Waals surface area contributed by atoms with Gasteiger partial charge in [-0.05, 0) is 54.2 Å². The van der Waals surface area contributed by atoms with Crippen LogP contribution in [0.15, 0.2) is 47.4 Å². The number of carbonyl (C=O) groups is 1. The Morgan fingerprint density at radius 2 is 1.74 bits per heavy atom. The molecular formula is C23H29ClN2O4S. The van der Waals surface area contributed by atoms with Gasteiger partial charge in [-0.2, -0.15) is 4.31 Å². The monoisotopic (exact) mass is 464 g/mol. The van der Waals surface area contributed by atoms with Crippen LogP contribution in [-0.4, -0.2) is 50.8 Å². The first-order valence-corrected chi connectivity index (χ1v) is 12.1. The molecule has 2 aromatic carbocycles. The fraction of sp³-hybridized carbons (Fsp3) is 0.435. The molecule has 0 bridgehead atoms. The van der Waals surface area contributed by atoms with Crippen molar-refractivity contribution in [3.05, 3.63) is 58.6 Å². The quantitative estimate of drug-likeness (QED) is 0.639. The van der Waals surface area contributed by atoms with Crippen molar-refractivity contribution in [1.82, 2.24) is 9.21 Å². The number of hydrogen-bond acceptors (Lipinski definition) is 4. The lowest BCUT2D eigenvalue weighted by molar-refractivity contribution is 0.0785. The van der Waals surface area contributed by atoms with Gasteiger partial charge in [-0.15, -0.1) is 0 Å². The molecule has 8 heteroatoms. The average Bonchev–Trinajstić information content (AvgIpc) is 2.73. The molecule has 0 saturated carbocycles. The summed E-state index contributed by atoms with van der Waals surface area (Å²) in [5, 5.41) is 0.629. The van der Waals surface area contributed by atoms with Crippen LogP contribution in [0.25, 0.3) is 0 Å². The number of sulfonamides is 1. The number of piperidine rings is 1. The van der Waals surface area contributed by atoms with E-state index in [0.29, 0.717) is 30.2 Å². The minimum atomic E-state index is -3.79. The van der Waals surface area contributed by atoms with Gasteiger partial charge in [0.15, 0.2) is 0 Å². The molecule has 2 unspecified atom stereocenters. The topological polar surface area (TPSA) is 66.9 Å². The molecule has 1 amide bonds. The number of carbonyl (C=O) groups excluding carboxylic acids is 1. The Morgan fingerprint density at radius 1 is 1.13 bits per heavy atom. The van der Waals surface area contributed by atoms with Crippen LogP contribution < -0.4 is 4.74 Å². The van der Waals surface area contributed by atoms with Gasteiger partial charge in [-0.25, -0.2) is 8.42 Å². The summed E-state index contributed by atoms with van der Waals surface area (Å²) in [6.07, 6.45) is 0.997. The predicted octanol–water partition coefficient (Wildman–Crippen LogP) is 4.29. The van der Waals surface area contributed by atoms with Crippen molar-refractivity contribution in [2.24, 2.45) is 11.8 Å². The van der Waals surface area contributed by atoms with Crippen molar-refractivity contribution in [2.75, 3.05) is 27.2 Å². The van der Waals surface area contributed by atoms with Crippen molar-refractivity contribution < 1.29 is 17.9 Å². The highest BCUT2D eigenvalue weighted by Gasteiger charge is 2.34. The molecule has 1 saturated heterocycles. The van der Waals surface area contributed by atoms with Crippen LogP contribution in [0.1, 0.15) is 36.2 Å². The Bertz CT molecular complexity index is 1030. The number of halogens is 1. The summed E-state index contributed by atoms with van der Waals surface area (Å²) in [5.41, 5.74) is 1.23. The van der Waals surface area contributed by atoms with E-state index >= 15 is 0 Å². The first-order valence-electron chi connectivity index (χ1n) is 10.3. The first kappa shape index (κ1) is 23.6. The Balaban J connectivity index is 1.89. The second-order valence-corrected chi connectivity index (χ2v) is 10.8. The zero-order valence-corrected chi connectivity index (χ0v) is 19.9. The van der Waals surface area contributed by atoms with Crippen molar-refractivity contribution in [3.63, 3.8) is 0 Å². The smallest absolute Gasteiger partial charge is 0.253 e. The molecule has 0 aliphatic carbocycles. The summed E-state index contributed by atoms with van der Waals surface area (Å²) in [5.74, 6) is 0.525. The highest BCUT2D eigenvalue weighted by atomic mass is 35.5. The number of rotatable bonds is 6. The van der Waals surface area contributed by atoms with E-state index in [1.54, 1.807) is 36.2 Å². The maximum atomic E-state index is 13.4. The van der Waals surface area contributed by atoms with Crippen molar-refractivity contribution >= 4 is 27.5 Å². The maximum absolute atomic E-state index is 13.4. The van der Waals surface area contributed by atoms with Crippen molar-refractivity contribution in [1.29, 1.82) is 0 Å². The summed E-state index contributed by atoms with van der Waals surface area (Å²) in [6.45, 7) is 5.42. The third-order valence-electron chi connectivity index (χ3n) is 5.54. The first-order chi connectivity index (χ1) is 14.6. The van der Waals surface area contributed by atoms with Crippen LogP contribution in [0.3, 0.4) is 0 Å². The number of methoxy groups -OCH3 is 1. The lowest BCUT2D eigenvalue weighted by Crippen LogP contribution is -2.42. The minimum Gasteiger partial charge on any atom is -0.495 e. The lowest BCUT2D eigenvalue weighted by atomic mass is 9.94. The molecule has 2 aromatic rings. The van der Waals surface area contributed by atoms with Gasteiger partial charge in [0.2, 0.25) is 10.0 Å². The van der Waals surface area contributed by atoms with Crippen LogP contribution in [0.4, 0.5) is 0 Å². The molecule has 0 spiro atoms. The summed E-state index contributed by atoms with van der Waals surface area (Å²) >= 11 is 5.92. The number of ether oxygens (including phenoxy) is 1. The Labute approximate surface area is 189 Å². The third kappa shape index (κ3) is 5.40. The number of nitrogens with zero attached hydrogens (tertiary/aromatic N) is 2. The zero-order valence-electron chi connectivity index (χ0n) is 18.3. The fourth-order valence-electron chi connectivity index (χ4n) is 4.11. The zero-order chi connectivity index (χ0) is 22.8. The molecule has 0 N–H and O–H groups in total. The maximum Gasteiger partial charge on any atom is 0.253 e. The van der Waals surface area contributed by atoms with E-state index in [4.69, 9.17) is 16.3 Å². The van der Waals surface area contributed by atoms with Gasteiger partial charge in [0.05, 0.1) is 7.11 Å². The molecule has 1 aliphatic heterocycles. The van der Waals surface area contributed by atoms with Crippen molar-refractivity contribution in [3.8, 4) is 5.75 Å². The molecule has 1 fully saturated rings. The molecule has 6 nitrogen and oxygen atoms in total. The molecule has 168 valence electrons. The summed E-state index contributed by atoms with van der Waals surface area (Å²) in [6, 6.07) is 11.8. The van der Waals surface area contributed by atoms with Gasteiger partial charge in [0.1, 0.15) is 10.6 Å². The van der Waals surface area contributed by atoms with Crippen LogP contribution in [0, 0.1) is 11.8 Å². The minimum absolute atomic E-state index is 0.0297. The van der Waals surface area contributed by atoms with Gasteiger partial charge >= 0.3 is 0 Å². The van der Waals surface area contributed by atoms with E-state index in [0.717, 1.165) is 12.0 Å². The summed E-state index contributed by atoms with van der Waals surface area (Å²) in [4.78, 5) is 14.6. The Hall–Kier alpha value is -2.09. The average molecular weight is 465 g/mol. The fourth-order valence-corrected chi connectivity index (χ4v) is 6.10. The van der Waals surface area contributed by atoms with E-state index in [1.807, 2.05) is 12.1 Å². The number of hydrogen-bond donors (Lipinski definition) is 0. The van der Waals surface area contributed by atoms with Crippen LogP contribution in [0.2, 0.25) is 5.02 Å². The highest BCUT2D eigenvalue weighted by Crippen LogP contribution is 2.32. The van der Waals surface area contributed by atoms with Crippen molar-refractivity contribution in [2.45, 2.75) is 31.7 Å². The molecule has 2 atom stereocenters. The standard InChI is InChI=1S/C23H29ClN2O4S/c1-16-11-17(2)14-26(13-16)31(28,29)22-12-19(7-10-21(22)30-4)23(27)25(3)15-18-5-8-20(24)9-6-18/h5-10,12,16-17H,11,13-15H2,1-4H3. The van der Waals surface area contributed by atoms with Gasteiger partial charge in [0.25, 0.3) is 5.91 Å². The van der Waals surface area contributed by atoms with Gasteiger partial charge in [-0.1, -0.05) is 37.6 Å². The summed E-state index contributed by atoms with van der Waals surface area (Å²) in [7, 11) is -0.675. The van der Waals surface area contributed by atoms with Crippen LogP contribution in [0.5, 0.6) is 5.75 Å². The molecule has 3 rings (SSSR count). The molecule has 0 aromatic heterocycles. The Morgan fingerprint density at radius 3 is 2.32 bits per heavy atom. The highest BCUT2D eigenvalue weighted by molar-refractivity contribution is 7.89. The van der Waals surface area contributed by atoms with Gasteiger partial charge in [-0.3, -0.25) is 4.79 Å². The molecular weight excluding hydrogens is 436 g/mol.